The van der Waals surface area contributed by atoms with E-state index in [2.05, 4.69) is 48.1 Å². The summed E-state index contributed by atoms with van der Waals surface area (Å²) >= 11 is 0. The van der Waals surface area contributed by atoms with E-state index in [0.29, 0.717) is 5.41 Å². The van der Waals surface area contributed by atoms with Gasteiger partial charge in [0, 0.05) is 26.7 Å². The molecule has 0 unspecified atom stereocenters. The Labute approximate surface area is 106 Å². The molecule has 0 atom stereocenters. The molecule has 1 fully saturated rings. The van der Waals surface area contributed by atoms with Gasteiger partial charge in [-0.05, 0) is 38.9 Å². The van der Waals surface area contributed by atoms with Gasteiger partial charge in [0.25, 0.3) is 0 Å². The van der Waals surface area contributed by atoms with Crippen LogP contribution in [0.1, 0.15) is 26.7 Å². The van der Waals surface area contributed by atoms with Crippen LogP contribution in [0.15, 0.2) is 4.99 Å². The average Bonchev–Trinajstić information content (AvgIpc) is 2.58. The third-order valence-corrected chi connectivity index (χ3v) is 3.25. The van der Waals surface area contributed by atoms with Gasteiger partial charge in [0.1, 0.15) is 0 Å². The van der Waals surface area contributed by atoms with Crippen LogP contribution in [0.3, 0.4) is 0 Å². The Balaban J connectivity index is 2.30. The Hall–Kier alpha value is -0.770. The van der Waals surface area contributed by atoms with Crippen molar-refractivity contribution in [1.29, 1.82) is 0 Å². The zero-order valence-corrected chi connectivity index (χ0v) is 12.1. The highest BCUT2D eigenvalue weighted by molar-refractivity contribution is 5.80. The second kappa shape index (κ2) is 6.24. The molecule has 0 radical (unpaired) electrons. The summed E-state index contributed by atoms with van der Waals surface area (Å²) in [7, 11) is 6.09. The fourth-order valence-corrected chi connectivity index (χ4v) is 2.22. The maximum absolute atomic E-state index is 4.37. The highest BCUT2D eigenvalue weighted by Gasteiger charge is 2.30. The predicted octanol–water partition coefficient (Wildman–Crippen LogP) is 1.25. The van der Waals surface area contributed by atoms with Crippen LogP contribution in [0.5, 0.6) is 0 Å². The molecule has 17 heavy (non-hydrogen) atoms. The molecule has 0 saturated carbocycles. The topological polar surface area (TPSA) is 30.9 Å². The Kier molecular flexibility index (Phi) is 5.25. The predicted molar refractivity (Wildman–Crippen MR) is 74.5 cm³/mol. The average molecular weight is 240 g/mol. The number of hydrogen-bond donors (Lipinski definition) is 1. The van der Waals surface area contributed by atoms with E-state index in [9.17, 15) is 0 Å². The number of guanidine groups is 1. The van der Waals surface area contributed by atoms with Crippen molar-refractivity contribution in [2.75, 3.05) is 47.3 Å². The Morgan fingerprint density at radius 1 is 1.41 bits per heavy atom. The minimum absolute atomic E-state index is 0.432. The molecule has 0 aromatic heterocycles. The van der Waals surface area contributed by atoms with Crippen LogP contribution in [0.2, 0.25) is 0 Å². The molecule has 100 valence electrons. The number of rotatable bonds is 4. The van der Waals surface area contributed by atoms with Crippen LogP contribution in [-0.4, -0.2) is 63.1 Å². The molecule has 1 saturated heterocycles. The van der Waals surface area contributed by atoms with Gasteiger partial charge in [-0.25, -0.2) is 0 Å². The molecule has 0 amide bonds. The highest BCUT2D eigenvalue weighted by Crippen LogP contribution is 2.28. The molecule has 1 aliphatic heterocycles. The van der Waals surface area contributed by atoms with E-state index in [1.807, 2.05) is 7.05 Å². The first kappa shape index (κ1) is 14.3. The molecule has 0 bridgehead atoms. The summed E-state index contributed by atoms with van der Waals surface area (Å²) in [5.41, 5.74) is 0.432. The van der Waals surface area contributed by atoms with E-state index in [1.54, 1.807) is 0 Å². The van der Waals surface area contributed by atoms with Gasteiger partial charge in [0.2, 0.25) is 0 Å². The number of nitrogens with zero attached hydrogens (tertiary/aromatic N) is 3. The van der Waals surface area contributed by atoms with E-state index in [0.717, 1.165) is 38.6 Å². The zero-order valence-electron chi connectivity index (χ0n) is 12.1. The van der Waals surface area contributed by atoms with Crippen molar-refractivity contribution in [3.05, 3.63) is 0 Å². The van der Waals surface area contributed by atoms with E-state index >= 15 is 0 Å². The van der Waals surface area contributed by atoms with Crippen molar-refractivity contribution >= 4 is 5.96 Å². The molecule has 0 spiro atoms. The third-order valence-electron chi connectivity index (χ3n) is 3.25. The van der Waals surface area contributed by atoms with Gasteiger partial charge in [-0.1, -0.05) is 13.8 Å². The van der Waals surface area contributed by atoms with Crippen molar-refractivity contribution in [3.63, 3.8) is 0 Å². The minimum atomic E-state index is 0.432. The zero-order chi connectivity index (χ0) is 12.9. The maximum Gasteiger partial charge on any atom is 0.193 e. The first-order valence-corrected chi connectivity index (χ1v) is 6.55. The van der Waals surface area contributed by atoms with Gasteiger partial charge in [0.05, 0.1) is 0 Å². The quantitative estimate of drug-likeness (QED) is 0.456. The van der Waals surface area contributed by atoms with Gasteiger partial charge in [-0.3, -0.25) is 4.99 Å². The number of hydrogen-bond acceptors (Lipinski definition) is 2. The summed E-state index contributed by atoms with van der Waals surface area (Å²) in [5.74, 6) is 1.06. The fraction of sp³-hybridized carbons (Fsp3) is 0.923. The monoisotopic (exact) mass is 240 g/mol. The van der Waals surface area contributed by atoms with Gasteiger partial charge in [-0.2, -0.15) is 0 Å². The standard InChI is InChI=1S/C13H28N4/c1-13(2)7-10-17(11-13)12(14-3)15-8-6-9-16(4)5/h6-11H2,1-5H3,(H,14,15). The highest BCUT2D eigenvalue weighted by atomic mass is 15.3. The summed E-state index contributed by atoms with van der Waals surface area (Å²) in [6.45, 7) is 9.01. The van der Waals surface area contributed by atoms with E-state index in [4.69, 9.17) is 0 Å². The maximum atomic E-state index is 4.37. The molecular formula is C13H28N4. The number of nitrogens with one attached hydrogen (secondary N) is 1. The van der Waals surface area contributed by atoms with Crippen molar-refractivity contribution in [2.45, 2.75) is 26.7 Å². The van der Waals surface area contributed by atoms with E-state index in [1.165, 1.54) is 6.42 Å². The lowest BCUT2D eigenvalue weighted by molar-refractivity contribution is 0.367. The molecule has 1 N–H and O–H groups in total. The Morgan fingerprint density at radius 3 is 2.59 bits per heavy atom. The van der Waals surface area contributed by atoms with Gasteiger partial charge >= 0.3 is 0 Å². The summed E-state index contributed by atoms with van der Waals surface area (Å²) < 4.78 is 0. The van der Waals surface area contributed by atoms with Gasteiger partial charge in [-0.15, -0.1) is 0 Å². The first-order valence-electron chi connectivity index (χ1n) is 6.55. The Morgan fingerprint density at radius 2 is 2.12 bits per heavy atom. The SMILES string of the molecule is CN=C(NCCCN(C)C)N1CCC(C)(C)C1. The van der Waals surface area contributed by atoms with Crippen LogP contribution in [-0.2, 0) is 0 Å². The molecule has 0 aromatic rings. The summed E-state index contributed by atoms with van der Waals surface area (Å²) in [6, 6.07) is 0. The smallest absolute Gasteiger partial charge is 0.193 e. The van der Waals surface area contributed by atoms with Crippen LogP contribution in [0.4, 0.5) is 0 Å². The second-order valence-corrected chi connectivity index (χ2v) is 5.97. The summed E-state index contributed by atoms with van der Waals surface area (Å²) in [4.78, 5) is 8.95. The summed E-state index contributed by atoms with van der Waals surface area (Å²) in [5, 5.41) is 3.45. The molecule has 0 aromatic carbocycles. The van der Waals surface area contributed by atoms with Crippen molar-refractivity contribution < 1.29 is 0 Å². The van der Waals surface area contributed by atoms with E-state index < -0.39 is 0 Å². The summed E-state index contributed by atoms with van der Waals surface area (Å²) in [6.07, 6.45) is 2.41. The molecular weight excluding hydrogens is 212 g/mol. The largest absolute Gasteiger partial charge is 0.356 e. The minimum Gasteiger partial charge on any atom is -0.356 e. The molecule has 0 aliphatic carbocycles. The lowest BCUT2D eigenvalue weighted by Gasteiger charge is -2.23. The normalized spacial score (nSPS) is 20.1. The fourth-order valence-electron chi connectivity index (χ4n) is 2.22. The molecule has 1 rings (SSSR count). The Bertz CT molecular complexity index is 258. The molecule has 4 heteroatoms. The van der Waals surface area contributed by atoms with Crippen LogP contribution in [0, 0.1) is 5.41 Å². The molecule has 1 heterocycles. The van der Waals surface area contributed by atoms with E-state index in [-0.39, 0.29) is 0 Å². The molecule has 4 nitrogen and oxygen atoms in total. The third kappa shape index (κ3) is 4.94. The van der Waals surface area contributed by atoms with Crippen LogP contribution in [0.25, 0.3) is 0 Å². The lowest BCUT2D eigenvalue weighted by Crippen LogP contribution is -2.41. The number of aliphatic imine (C=N–C) groups is 1. The lowest BCUT2D eigenvalue weighted by atomic mass is 9.93. The number of likely N-dealkylation sites (tertiary alicyclic amines) is 1. The van der Waals surface area contributed by atoms with Crippen molar-refractivity contribution in [2.24, 2.45) is 10.4 Å². The van der Waals surface area contributed by atoms with Crippen molar-refractivity contribution in [1.82, 2.24) is 15.1 Å². The first-order chi connectivity index (χ1) is 7.94. The second-order valence-electron chi connectivity index (χ2n) is 5.97. The van der Waals surface area contributed by atoms with Crippen LogP contribution >= 0.6 is 0 Å². The van der Waals surface area contributed by atoms with Gasteiger partial charge < -0.3 is 15.1 Å². The van der Waals surface area contributed by atoms with Gasteiger partial charge in [0.15, 0.2) is 5.96 Å². The molecule has 1 aliphatic rings. The van der Waals surface area contributed by atoms with Crippen LogP contribution < -0.4 is 5.32 Å². The van der Waals surface area contributed by atoms with Crippen molar-refractivity contribution in [3.8, 4) is 0 Å².